The molecule has 1 amide bonds. The number of nitrogens with zero attached hydrogens (tertiary/aromatic N) is 2. The van der Waals surface area contributed by atoms with Gasteiger partial charge in [0, 0.05) is 24.3 Å². The smallest absolute Gasteiger partial charge is 0.275 e. The molecule has 0 spiro atoms. The van der Waals surface area contributed by atoms with Crippen molar-refractivity contribution < 1.29 is 14.3 Å². The van der Waals surface area contributed by atoms with E-state index in [0.29, 0.717) is 30.8 Å². The van der Waals surface area contributed by atoms with Gasteiger partial charge in [-0.2, -0.15) is 0 Å². The molecule has 142 valence electrons. The molecule has 0 saturated heterocycles. The van der Waals surface area contributed by atoms with E-state index in [-0.39, 0.29) is 11.7 Å². The number of rotatable bonds is 4. The van der Waals surface area contributed by atoms with Crippen molar-refractivity contribution in [2.75, 3.05) is 36.0 Å². The molecule has 6 heteroatoms. The van der Waals surface area contributed by atoms with Crippen molar-refractivity contribution >= 4 is 23.1 Å². The standard InChI is InChI=1S/C21H25N3O3/c1-4-6-15-18(14(3)25)13(2)22-19(15)21(26)24-10-9-23-11-12-27-17-8-5-7-16(24)20(17)23/h5,7-8,22H,4,6,9-12H2,1-3H3. The molecule has 0 saturated carbocycles. The lowest BCUT2D eigenvalue weighted by Crippen LogP contribution is -2.47. The van der Waals surface area contributed by atoms with Crippen LogP contribution in [0.25, 0.3) is 0 Å². The van der Waals surface area contributed by atoms with Crippen molar-refractivity contribution in [3.05, 3.63) is 40.7 Å². The molecule has 0 atom stereocenters. The van der Waals surface area contributed by atoms with Crippen molar-refractivity contribution in [2.24, 2.45) is 0 Å². The number of anilines is 2. The molecule has 2 aliphatic heterocycles. The fourth-order valence-electron chi connectivity index (χ4n) is 4.29. The van der Waals surface area contributed by atoms with Gasteiger partial charge in [-0.15, -0.1) is 0 Å². The van der Waals surface area contributed by atoms with E-state index in [0.717, 1.165) is 47.9 Å². The summed E-state index contributed by atoms with van der Waals surface area (Å²) in [4.78, 5) is 32.9. The van der Waals surface area contributed by atoms with Crippen LogP contribution in [-0.4, -0.2) is 42.9 Å². The number of hydrogen-bond donors (Lipinski definition) is 1. The van der Waals surface area contributed by atoms with Crippen molar-refractivity contribution in [2.45, 2.75) is 33.6 Å². The first-order valence-electron chi connectivity index (χ1n) is 9.58. The van der Waals surface area contributed by atoms with Crippen molar-refractivity contribution in [1.82, 2.24) is 4.98 Å². The van der Waals surface area contributed by atoms with E-state index in [2.05, 4.69) is 16.8 Å². The maximum Gasteiger partial charge on any atom is 0.275 e. The third-order valence-corrected chi connectivity index (χ3v) is 5.40. The van der Waals surface area contributed by atoms with Crippen molar-refractivity contribution in [3.63, 3.8) is 0 Å². The molecule has 0 bridgehead atoms. The van der Waals surface area contributed by atoms with Crippen LogP contribution >= 0.6 is 0 Å². The Kier molecular flexibility index (Phi) is 4.42. The van der Waals surface area contributed by atoms with Crippen LogP contribution < -0.4 is 14.5 Å². The molecule has 27 heavy (non-hydrogen) atoms. The van der Waals surface area contributed by atoms with Gasteiger partial charge in [-0.3, -0.25) is 9.59 Å². The van der Waals surface area contributed by atoms with E-state index in [1.165, 1.54) is 0 Å². The van der Waals surface area contributed by atoms with Gasteiger partial charge in [-0.25, -0.2) is 0 Å². The second-order valence-electron chi connectivity index (χ2n) is 7.20. The molecular weight excluding hydrogens is 342 g/mol. The van der Waals surface area contributed by atoms with E-state index in [9.17, 15) is 9.59 Å². The monoisotopic (exact) mass is 367 g/mol. The Morgan fingerprint density at radius 3 is 2.78 bits per heavy atom. The highest BCUT2D eigenvalue weighted by atomic mass is 16.5. The number of para-hydroxylation sites is 1. The second-order valence-corrected chi connectivity index (χ2v) is 7.20. The van der Waals surface area contributed by atoms with E-state index in [1.54, 1.807) is 6.92 Å². The van der Waals surface area contributed by atoms with Gasteiger partial charge < -0.3 is 19.5 Å². The summed E-state index contributed by atoms with van der Waals surface area (Å²) >= 11 is 0. The highest BCUT2D eigenvalue weighted by Gasteiger charge is 2.34. The average molecular weight is 367 g/mol. The first-order valence-corrected chi connectivity index (χ1v) is 9.58. The van der Waals surface area contributed by atoms with Gasteiger partial charge in [0.25, 0.3) is 5.91 Å². The van der Waals surface area contributed by atoms with E-state index < -0.39 is 0 Å². The number of hydrogen-bond acceptors (Lipinski definition) is 4. The molecule has 6 nitrogen and oxygen atoms in total. The fraction of sp³-hybridized carbons (Fsp3) is 0.429. The zero-order valence-electron chi connectivity index (χ0n) is 16.1. The zero-order valence-corrected chi connectivity index (χ0v) is 16.1. The second kappa shape index (κ2) is 6.76. The lowest BCUT2D eigenvalue weighted by Gasteiger charge is -2.40. The number of amides is 1. The first-order chi connectivity index (χ1) is 13.0. The number of Topliss-reactive ketones (excluding diaryl/α,β-unsaturated/α-hetero) is 1. The van der Waals surface area contributed by atoms with Crippen LogP contribution in [-0.2, 0) is 6.42 Å². The molecular formula is C21H25N3O3. The number of carbonyl (C=O) groups is 2. The van der Waals surface area contributed by atoms with E-state index in [4.69, 9.17) is 4.74 Å². The summed E-state index contributed by atoms with van der Waals surface area (Å²) in [5.41, 5.74) is 4.69. The van der Waals surface area contributed by atoms with Gasteiger partial charge in [-0.1, -0.05) is 19.4 Å². The average Bonchev–Trinajstić information content (AvgIpc) is 2.98. The Bertz CT molecular complexity index is 916. The Balaban J connectivity index is 1.79. The zero-order chi connectivity index (χ0) is 19.1. The number of nitrogens with one attached hydrogen (secondary N) is 1. The van der Waals surface area contributed by atoms with Gasteiger partial charge in [0.1, 0.15) is 23.7 Å². The van der Waals surface area contributed by atoms with Crippen LogP contribution in [0, 0.1) is 6.92 Å². The highest BCUT2D eigenvalue weighted by Crippen LogP contribution is 2.43. The lowest BCUT2D eigenvalue weighted by molar-refractivity contribution is 0.0980. The minimum absolute atomic E-state index is 0.00144. The molecule has 2 aliphatic rings. The molecule has 1 aromatic heterocycles. The Morgan fingerprint density at radius 2 is 2.04 bits per heavy atom. The SMILES string of the molecule is CCCc1c(C(=O)N2CCN3CCOc4cccc2c43)[nH]c(C)c1C(C)=O. The predicted molar refractivity (Wildman–Crippen MR) is 105 cm³/mol. The number of aromatic amines is 1. The van der Waals surface area contributed by atoms with Gasteiger partial charge in [-0.05, 0) is 38.0 Å². The topological polar surface area (TPSA) is 65.6 Å². The quantitative estimate of drug-likeness (QED) is 0.842. The lowest BCUT2D eigenvalue weighted by atomic mass is 10.00. The van der Waals surface area contributed by atoms with Crippen molar-refractivity contribution in [1.29, 1.82) is 0 Å². The number of ketones is 1. The van der Waals surface area contributed by atoms with Crippen LogP contribution in [0.1, 0.15) is 52.4 Å². The van der Waals surface area contributed by atoms with E-state index in [1.807, 2.05) is 30.0 Å². The van der Waals surface area contributed by atoms with E-state index >= 15 is 0 Å². The summed E-state index contributed by atoms with van der Waals surface area (Å²) in [7, 11) is 0. The summed E-state index contributed by atoms with van der Waals surface area (Å²) < 4.78 is 5.79. The minimum Gasteiger partial charge on any atom is -0.489 e. The summed E-state index contributed by atoms with van der Waals surface area (Å²) in [6.07, 6.45) is 1.58. The first kappa shape index (κ1) is 17.6. The molecule has 0 fully saturated rings. The largest absolute Gasteiger partial charge is 0.489 e. The molecule has 1 N–H and O–H groups in total. The van der Waals surface area contributed by atoms with Crippen LogP contribution in [0.2, 0.25) is 0 Å². The molecule has 3 heterocycles. The van der Waals surface area contributed by atoms with Crippen molar-refractivity contribution in [3.8, 4) is 5.75 Å². The summed E-state index contributed by atoms with van der Waals surface area (Å²) in [5, 5.41) is 0. The fourth-order valence-corrected chi connectivity index (χ4v) is 4.29. The van der Waals surface area contributed by atoms with Crippen LogP contribution in [0.15, 0.2) is 18.2 Å². The van der Waals surface area contributed by atoms with Crippen LogP contribution in [0.4, 0.5) is 11.4 Å². The summed E-state index contributed by atoms with van der Waals surface area (Å²) in [5.74, 6) is 0.756. The number of aryl methyl sites for hydroxylation is 1. The third kappa shape index (κ3) is 2.80. The Morgan fingerprint density at radius 1 is 1.22 bits per heavy atom. The van der Waals surface area contributed by atoms with Gasteiger partial charge in [0.05, 0.1) is 12.2 Å². The number of benzene rings is 1. The number of H-pyrrole nitrogens is 1. The molecule has 1 aromatic carbocycles. The number of ether oxygens (including phenoxy) is 1. The Labute approximate surface area is 159 Å². The van der Waals surface area contributed by atoms with Gasteiger partial charge in [0.2, 0.25) is 0 Å². The summed E-state index contributed by atoms with van der Waals surface area (Å²) in [6.45, 7) is 8.39. The van der Waals surface area contributed by atoms with Crippen LogP contribution in [0.3, 0.4) is 0 Å². The highest BCUT2D eigenvalue weighted by molar-refractivity contribution is 6.11. The molecule has 2 aromatic rings. The maximum atomic E-state index is 13.5. The Hall–Kier alpha value is -2.76. The number of carbonyl (C=O) groups excluding carboxylic acids is 2. The predicted octanol–water partition coefficient (Wildman–Crippen LogP) is 3.34. The minimum atomic E-state index is -0.0762. The third-order valence-electron chi connectivity index (χ3n) is 5.40. The normalized spacial score (nSPS) is 15.4. The van der Waals surface area contributed by atoms with Gasteiger partial charge in [0.15, 0.2) is 5.78 Å². The molecule has 0 aliphatic carbocycles. The van der Waals surface area contributed by atoms with Crippen LogP contribution in [0.5, 0.6) is 5.75 Å². The van der Waals surface area contributed by atoms with Gasteiger partial charge >= 0.3 is 0 Å². The number of aromatic nitrogens is 1. The molecule has 0 unspecified atom stereocenters. The molecule has 4 rings (SSSR count). The summed E-state index contributed by atoms with van der Waals surface area (Å²) in [6, 6.07) is 5.85. The maximum absolute atomic E-state index is 13.5. The molecule has 0 radical (unpaired) electrons.